The number of primary amides is 1. The van der Waals surface area contributed by atoms with E-state index in [0.717, 1.165) is 18.5 Å². The van der Waals surface area contributed by atoms with Crippen LogP contribution in [0.1, 0.15) is 42.2 Å². The van der Waals surface area contributed by atoms with Crippen LogP contribution in [0.3, 0.4) is 0 Å². The number of amides is 1. The van der Waals surface area contributed by atoms with Gasteiger partial charge in [0.15, 0.2) is 0 Å². The lowest BCUT2D eigenvalue weighted by atomic mass is 10.1. The topological polar surface area (TPSA) is 105 Å². The Morgan fingerprint density at radius 1 is 1.42 bits per heavy atom. The molecule has 0 aromatic carbocycles. The number of rotatable bonds is 8. The largest absolute Gasteiger partial charge is 0.478 e. The van der Waals surface area contributed by atoms with Crippen LogP contribution in [-0.4, -0.2) is 28.5 Å². The molecule has 6 heteroatoms. The number of hydrogen-bond acceptors (Lipinski definition) is 4. The minimum absolute atomic E-state index is 0.218. The zero-order valence-corrected chi connectivity index (χ0v) is 11.0. The van der Waals surface area contributed by atoms with Crippen molar-refractivity contribution in [3.8, 4) is 0 Å². The molecular formula is C13H19N3O3. The monoisotopic (exact) mass is 265 g/mol. The summed E-state index contributed by atoms with van der Waals surface area (Å²) in [7, 11) is 0. The summed E-state index contributed by atoms with van der Waals surface area (Å²) in [4.78, 5) is 25.9. The molecule has 6 nitrogen and oxygen atoms in total. The van der Waals surface area contributed by atoms with Gasteiger partial charge >= 0.3 is 5.97 Å². The Morgan fingerprint density at radius 3 is 2.74 bits per heavy atom. The van der Waals surface area contributed by atoms with Crippen LogP contribution in [0.15, 0.2) is 12.1 Å². The number of aromatic carboxylic acids is 1. The van der Waals surface area contributed by atoms with Crippen LogP contribution in [0.4, 0.5) is 5.82 Å². The van der Waals surface area contributed by atoms with Gasteiger partial charge < -0.3 is 16.2 Å². The minimum Gasteiger partial charge on any atom is -0.478 e. The molecule has 0 bridgehead atoms. The van der Waals surface area contributed by atoms with Crippen molar-refractivity contribution in [1.29, 1.82) is 0 Å². The first-order valence-electron chi connectivity index (χ1n) is 6.29. The predicted octanol–water partition coefficient (Wildman–Crippen LogP) is 1.41. The first kappa shape index (κ1) is 14.9. The molecule has 0 aliphatic carbocycles. The van der Waals surface area contributed by atoms with Crippen LogP contribution < -0.4 is 11.1 Å². The smallest absolute Gasteiger partial charge is 0.335 e. The molecule has 0 spiro atoms. The average Bonchev–Trinajstić information content (AvgIpc) is 2.34. The van der Waals surface area contributed by atoms with Crippen LogP contribution >= 0.6 is 0 Å². The molecule has 0 aliphatic heterocycles. The summed E-state index contributed by atoms with van der Waals surface area (Å²) in [5.74, 6) is -0.798. The quantitative estimate of drug-likeness (QED) is 0.616. The highest BCUT2D eigenvalue weighted by molar-refractivity contribution is 5.88. The normalized spacial score (nSPS) is 10.2. The molecule has 1 rings (SSSR count). The van der Waals surface area contributed by atoms with Crippen LogP contribution in [0.25, 0.3) is 0 Å². The Hall–Kier alpha value is -2.11. The molecule has 0 radical (unpaired) electrons. The fraction of sp³-hybridized carbons (Fsp3) is 0.462. The van der Waals surface area contributed by atoms with Crippen molar-refractivity contribution in [2.24, 2.45) is 5.73 Å². The zero-order chi connectivity index (χ0) is 14.3. The van der Waals surface area contributed by atoms with E-state index in [9.17, 15) is 9.59 Å². The van der Waals surface area contributed by atoms with Crippen molar-refractivity contribution in [2.45, 2.75) is 32.6 Å². The molecule has 19 heavy (non-hydrogen) atoms. The van der Waals surface area contributed by atoms with Crippen LogP contribution in [0, 0.1) is 0 Å². The molecule has 1 amide bonds. The number of anilines is 1. The molecule has 0 saturated heterocycles. The average molecular weight is 265 g/mol. The van der Waals surface area contributed by atoms with E-state index in [4.69, 9.17) is 10.8 Å². The first-order valence-corrected chi connectivity index (χ1v) is 6.29. The molecule has 1 heterocycles. The van der Waals surface area contributed by atoms with Gasteiger partial charge in [-0.3, -0.25) is 4.79 Å². The molecule has 0 aliphatic rings. The highest BCUT2D eigenvalue weighted by Crippen LogP contribution is 2.12. The first-order chi connectivity index (χ1) is 9.02. The summed E-state index contributed by atoms with van der Waals surface area (Å²) in [6, 6.07) is 3.08. The van der Waals surface area contributed by atoms with Gasteiger partial charge in [-0.2, -0.15) is 0 Å². The number of nitrogens with zero attached hydrogens (tertiary/aromatic N) is 1. The summed E-state index contributed by atoms with van der Waals surface area (Å²) < 4.78 is 0. The maximum absolute atomic E-state index is 11.0. The Labute approximate surface area is 112 Å². The summed E-state index contributed by atoms with van der Waals surface area (Å²) >= 11 is 0. The van der Waals surface area contributed by atoms with Crippen molar-refractivity contribution in [1.82, 2.24) is 4.98 Å². The lowest BCUT2D eigenvalue weighted by molar-refractivity contribution is -0.118. The highest BCUT2D eigenvalue weighted by Gasteiger charge is 2.08. The standard InChI is InChI=1S/C13H19N3O3/c1-2-4-10-7-9(13(18)19)8-12(16-10)15-6-3-5-11(14)17/h7-8H,2-6H2,1H3,(H2,14,17)(H,15,16)(H,18,19). The zero-order valence-electron chi connectivity index (χ0n) is 11.0. The number of aromatic nitrogens is 1. The number of aryl methyl sites for hydroxylation is 1. The number of carbonyl (C=O) groups excluding carboxylic acids is 1. The number of nitrogens with two attached hydrogens (primary N) is 1. The molecular weight excluding hydrogens is 246 g/mol. The van der Waals surface area contributed by atoms with Crippen molar-refractivity contribution in [3.05, 3.63) is 23.4 Å². The van der Waals surface area contributed by atoms with E-state index in [0.29, 0.717) is 25.2 Å². The van der Waals surface area contributed by atoms with Crippen molar-refractivity contribution in [2.75, 3.05) is 11.9 Å². The third-order valence-electron chi connectivity index (χ3n) is 2.54. The highest BCUT2D eigenvalue weighted by atomic mass is 16.4. The van der Waals surface area contributed by atoms with E-state index in [1.165, 1.54) is 6.07 Å². The van der Waals surface area contributed by atoms with E-state index in [-0.39, 0.29) is 11.5 Å². The molecule has 1 aromatic rings. The Bertz CT molecular complexity index is 460. The lowest BCUT2D eigenvalue weighted by Crippen LogP contribution is -2.13. The SMILES string of the molecule is CCCc1cc(C(=O)O)cc(NCCCC(N)=O)n1. The second-order valence-corrected chi connectivity index (χ2v) is 4.28. The molecule has 104 valence electrons. The third-order valence-corrected chi connectivity index (χ3v) is 2.54. The van der Waals surface area contributed by atoms with Crippen LogP contribution in [0.5, 0.6) is 0 Å². The van der Waals surface area contributed by atoms with Gasteiger partial charge in [0, 0.05) is 18.7 Å². The maximum Gasteiger partial charge on any atom is 0.335 e. The molecule has 0 saturated carbocycles. The summed E-state index contributed by atoms with van der Waals surface area (Å²) in [6.07, 6.45) is 2.53. The van der Waals surface area contributed by atoms with Gasteiger partial charge in [-0.1, -0.05) is 13.3 Å². The van der Waals surface area contributed by atoms with Crippen LogP contribution in [0.2, 0.25) is 0 Å². The number of hydrogen-bond donors (Lipinski definition) is 3. The molecule has 0 unspecified atom stereocenters. The molecule has 4 N–H and O–H groups in total. The molecule has 1 aromatic heterocycles. The summed E-state index contributed by atoms with van der Waals surface area (Å²) in [5.41, 5.74) is 6.01. The van der Waals surface area contributed by atoms with Gasteiger partial charge in [-0.25, -0.2) is 9.78 Å². The second kappa shape index (κ2) is 7.35. The summed E-state index contributed by atoms with van der Waals surface area (Å²) in [6.45, 7) is 2.54. The number of carboxylic acids is 1. The van der Waals surface area contributed by atoms with Crippen molar-refractivity contribution < 1.29 is 14.7 Å². The Kier molecular flexibility index (Phi) is 5.78. The van der Waals surface area contributed by atoms with E-state index < -0.39 is 5.97 Å². The maximum atomic E-state index is 11.0. The van der Waals surface area contributed by atoms with E-state index in [1.807, 2.05) is 6.92 Å². The van der Waals surface area contributed by atoms with E-state index in [1.54, 1.807) is 6.07 Å². The van der Waals surface area contributed by atoms with Gasteiger partial charge in [0.1, 0.15) is 5.82 Å². The van der Waals surface area contributed by atoms with Gasteiger partial charge in [0.25, 0.3) is 0 Å². The minimum atomic E-state index is -0.972. The fourth-order valence-corrected chi connectivity index (χ4v) is 1.67. The molecule has 0 fully saturated rings. The van der Waals surface area contributed by atoms with Gasteiger partial charge in [0.2, 0.25) is 5.91 Å². The predicted molar refractivity (Wildman–Crippen MR) is 72.1 cm³/mol. The number of carbonyl (C=O) groups is 2. The third kappa shape index (κ3) is 5.37. The summed E-state index contributed by atoms with van der Waals surface area (Å²) in [5, 5.41) is 12.0. The van der Waals surface area contributed by atoms with E-state index >= 15 is 0 Å². The lowest BCUT2D eigenvalue weighted by Gasteiger charge is -2.08. The molecule has 0 atom stereocenters. The van der Waals surface area contributed by atoms with Gasteiger partial charge in [-0.05, 0) is 25.0 Å². The Balaban J connectivity index is 2.70. The van der Waals surface area contributed by atoms with E-state index in [2.05, 4.69) is 10.3 Å². The fourth-order valence-electron chi connectivity index (χ4n) is 1.67. The van der Waals surface area contributed by atoms with Crippen LogP contribution in [-0.2, 0) is 11.2 Å². The number of pyridine rings is 1. The Morgan fingerprint density at radius 2 is 2.16 bits per heavy atom. The van der Waals surface area contributed by atoms with Crippen molar-refractivity contribution in [3.63, 3.8) is 0 Å². The number of nitrogens with one attached hydrogen (secondary N) is 1. The number of carboxylic acid groups (broad SMARTS) is 1. The van der Waals surface area contributed by atoms with Gasteiger partial charge in [-0.15, -0.1) is 0 Å². The second-order valence-electron chi connectivity index (χ2n) is 4.28. The van der Waals surface area contributed by atoms with Crippen molar-refractivity contribution >= 4 is 17.7 Å². The van der Waals surface area contributed by atoms with Gasteiger partial charge in [0.05, 0.1) is 5.56 Å².